The number of rotatable bonds is 9. The van der Waals surface area contributed by atoms with E-state index in [0.29, 0.717) is 0 Å². The minimum absolute atomic E-state index is 0.175. The molecule has 0 saturated heterocycles. The molecule has 0 rings (SSSR count). The summed E-state index contributed by atoms with van der Waals surface area (Å²) in [6.07, 6.45) is 6.99. The van der Waals surface area contributed by atoms with Crippen molar-refractivity contribution in [3.05, 3.63) is 0 Å². The maximum Gasteiger partial charge on any atom is 0.0684 e. The fourth-order valence-electron chi connectivity index (χ4n) is 1.25. The normalized spacial score (nSPS) is 11.3. The molecule has 88 valence electrons. The molecule has 0 aromatic carbocycles. The van der Waals surface area contributed by atoms with E-state index in [1.807, 2.05) is 25.6 Å². The van der Waals surface area contributed by atoms with Crippen LogP contribution in [0, 0.1) is 16.7 Å². The van der Waals surface area contributed by atoms with Crippen LogP contribution < -0.4 is 5.32 Å². The molecule has 2 nitrogen and oxygen atoms in total. The first kappa shape index (κ1) is 14.8. The lowest BCUT2D eigenvalue weighted by Gasteiger charge is -2.14. The van der Waals surface area contributed by atoms with E-state index in [4.69, 9.17) is 5.26 Å². The summed E-state index contributed by atoms with van der Waals surface area (Å²) in [6, 6.07) is 2.32. The molecule has 0 atom stereocenters. The summed E-state index contributed by atoms with van der Waals surface area (Å²) in [5.74, 6) is 1.28. The number of nitriles is 1. The molecular formula is C12H24N2S. The lowest BCUT2D eigenvalue weighted by atomic mass is 9.91. The Morgan fingerprint density at radius 2 is 1.93 bits per heavy atom. The van der Waals surface area contributed by atoms with Crippen molar-refractivity contribution < 1.29 is 0 Å². The molecule has 15 heavy (non-hydrogen) atoms. The van der Waals surface area contributed by atoms with Gasteiger partial charge in [-0.15, -0.1) is 0 Å². The van der Waals surface area contributed by atoms with Crippen molar-refractivity contribution in [1.82, 2.24) is 5.32 Å². The van der Waals surface area contributed by atoms with Crippen molar-refractivity contribution in [1.29, 1.82) is 5.26 Å². The zero-order chi connectivity index (χ0) is 11.6. The number of hydrogen-bond acceptors (Lipinski definition) is 3. The molecule has 0 bridgehead atoms. The van der Waals surface area contributed by atoms with Gasteiger partial charge in [-0.2, -0.15) is 17.0 Å². The molecule has 0 aliphatic rings. The monoisotopic (exact) mass is 228 g/mol. The van der Waals surface area contributed by atoms with E-state index in [0.717, 1.165) is 19.5 Å². The fourth-order valence-corrected chi connectivity index (χ4v) is 1.75. The first-order chi connectivity index (χ1) is 7.12. The Morgan fingerprint density at radius 1 is 1.20 bits per heavy atom. The summed E-state index contributed by atoms with van der Waals surface area (Å²) in [6.45, 7) is 6.04. The van der Waals surface area contributed by atoms with Crippen LogP contribution in [0.2, 0.25) is 0 Å². The second-order valence-corrected chi connectivity index (χ2v) is 5.53. The molecular weight excluding hydrogens is 204 g/mol. The zero-order valence-corrected chi connectivity index (χ0v) is 11.1. The van der Waals surface area contributed by atoms with Gasteiger partial charge in [0.1, 0.15) is 0 Å². The Morgan fingerprint density at radius 3 is 2.53 bits per heavy atom. The standard InChI is InChI=1S/C12H24N2S/c1-12(2,11-13)7-9-14-8-5-4-6-10-15-3/h14H,4-10H2,1-3H3. The summed E-state index contributed by atoms with van der Waals surface area (Å²) in [4.78, 5) is 0. The van der Waals surface area contributed by atoms with Crippen LogP contribution in [0.1, 0.15) is 39.5 Å². The highest BCUT2D eigenvalue weighted by Crippen LogP contribution is 2.16. The number of unbranched alkanes of at least 4 members (excludes halogenated alkanes) is 2. The predicted molar refractivity (Wildman–Crippen MR) is 69.1 cm³/mol. The van der Waals surface area contributed by atoms with Crippen molar-refractivity contribution in [2.75, 3.05) is 25.1 Å². The Kier molecular flexibility index (Phi) is 8.94. The highest BCUT2D eigenvalue weighted by Gasteiger charge is 2.14. The van der Waals surface area contributed by atoms with E-state index >= 15 is 0 Å². The van der Waals surface area contributed by atoms with Crippen LogP contribution in [-0.4, -0.2) is 25.1 Å². The molecule has 0 amide bonds. The molecule has 0 unspecified atom stereocenters. The first-order valence-corrected chi connectivity index (χ1v) is 7.13. The van der Waals surface area contributed by atoms with E-state index in [9.17, 15) is 0 Å². The van der Waals surface area contributed by atoms with Gasteiger partial charge in [-0.05, 0) is 58.2 Å². The molecule has 0 aromatic heterocycles. The Balaban J connectivity index is 3.16. The summed E-state index contributed by atoms with van der Waals surface area (Å²) in [5, 5.41) is 12.2. The summed E-state index contributed by atoms with van der Waals surface area (Å²) < 4.78 is 0. The van der Waals surface area contributed by atoms with Crippen LogP contribution in [0.5, 0.6) is 0 Å². The third kappa shape index (κ3) is 10.1. The van der Waals surface area contributed by atoms with Crippen LogP contribution in [0.4, 0.5) is 0 Å². The zero-order valence-electron chi connectivity index (χ0n) is 10.3. The maximum absolute atomic E-state index is 8.81. The van der Waals surface area contributed by atoms with Gasteiger partial charge in [0.2, 0.25) is 0 Å². The van der Waals surface area contributed by atoms with Gasteiger partial charge >= 0.3 is 0 Å². The van der Waals surface area contributed by atoms with Gasteiger partial charge in [-0.25, -0.2) is 0 Å². The van der Waals surface area contributed by atoms with Crippen LogP contribution in [0.15, 0.2) is 0 Å². The van der Waals surface area contributed by atoms with Crippen molar-refractivity contribution in [2.45, 2.75) is 39.5 Å². The topological polar surface area (TPSA) is 35.8 Å². The van der Waals surface area contributed by atoms with Gasteiger partial charge in [0.05, 0.1) is 11.5 Å². The van der Waals surface area contributed by atoms with Gasteiger partial charge in [-0.3, -0.25) is 0 Å². The van der Waals surface area contributed by atoms with Crippen molar-refractivity contribution >= 4 is 11.8 Å². The van der Waals surface area contributed by atoms with Crippen molar-refractivity contribution in [3.63, 3.8) is 0 Å². The Hall–Kier alpha value is -0.200. The van der Waals surface area contributed by atoms with E-state index in [1.54, 1.807) is 0 Å². The summed E-state index contributed by atoms with van der Waals surface area (Å²) in [7, 11) is 0. The number of nitrogens with one attached hydrogen (secondary N) is 1. The molecule has 0 spiro atoms. The SMILES string of the molecule is CSCCCCCNCCC(C)(C)C#N. The molecule has 0 heterocycles. The van der Waals surface area contributed by atoms with E-state index in [2.05, 4.69) is 17.6 Å². The largest absolute Gasteiger partial charge is 0.317 e. The average molecular weight is 228 g/mol. The minimum Gasteiger partial charge on any atom is -0.317 e. The molecule has 3 heteroatoms. The van der Waals surface area contributed by atoms with Gasteiger partial charge < -0.3 is 5.32 Å². The van der Waals surface area contributed by atoms with Gasteiger partial charge in [-0.1, -0.05) is 6.42 Å². The van der Waals surface area contributed by atoms with Gasteiger partial charge in [0, 0.05) is 0 Å². The molecule has 0 aliphatic carbocycles. The molecule has 0 radical (unpaired) electrons. The minimum atomic E-state index is -0.175. The van der Waals surface area contributed by atoms with E-state index < -0.39 is 0 Å². The second kappa shape index (κ2) is 9.06. The maximum atomic E-state index is 8.81. The van der Waals surface area contributed by atoms with Crippen LogP contribution in [0.3, 0.4) is 0 Å². The molecule has 0 aromatic rings. The predicted octanol–water partition coefficient (Wildman–Crippen LogP) is 3.05. The third-order valence-electron chi connectivity index (χ3n) is 2.43. The van der Waals surface area contributed by atoms with Gasteiger partial charge in [0.15, 0.2) is 0 Å². The highest BCUT2D eigenvalue weighted by atomic mass is 32.2. The number of nitrogens with zero attached hydrogens (tertiary/aromatic N) is 1. The molecule has 0 aliphatic heterocycles. The first-order valence-electron chi connectivity index (χ1n) is 5.73. The quantitative estimate of drug-likeness (QED) is 0.616. The van der Waals surface area contributed by atoms with Crippen LogP contribution in [-0.2, 0) is 0 Å². The molecule has 0 fully saturated rings. The van der Waals surface area contributed by atoms with Gasteiger partial charge in [0.25, 0.3) is 0 Å². The summed E-state index contributed by atoms with van der Waals surface area (Å²) >= 11 is 1.92. The number of hydrogen-bond donors (Lipinski definition) is 1. The molecule has 1 N–H and O–H groups in total. The number of thioether (sulfide) groups is 1. The second-order valence-electron chi connectivity index (χ2n) is 4.55. The van der Waals surface area contributed by atoms with E-state index in [1.165, 1.54) is 25.0 Å². The average Bonchev–Trinajstić information content (AvgIpc) is 2.22. The molecule has 0 saturated carbocycles. The van der Waals surface area contributed by atoms with Crippen LogP contribution in [0.25, 0.3) is 0 Å². The Bertz CT molecular complexity index is 185. The van der Waals surface area contributed by atoms with Crippen molar-refractivity contribution in [3.8, 4) is 6.07 Å². The highest BCUT2D eigenvalue weighted by molar-refractivity contribution is 7.98. The lowest BCUT2D eigenvalue weighted by Crippen LogP contribution is -2.22. The third-order valence-corrected chi connectivity index (χ3v) is 3.13. The fraction of sp³-hybridized carbons (Fsp3) is 0.917. The van der Waals surface area contributed by atoms with Crippen molar-refractivity contribution in [2.24, 2.45) is 5.41 Å². The van der Waals surface area contributed by atoms with Crippen LogP contribution >= 0.6 is 11.8 Å². The smallest absolute Gasteiger partial charge is 0.0684 e. The summed E-state index contributed by atoms with van der Waals surface area (Å²) in [5.41, 5.74) is -0.175. The van der Waals surface area contributed by atoms with E-state index in [-0.39, 0.29) is 5.41 Å². The lowest BCUT2D eigenvalue weighted by molar-refractivity contribution is 0.430. The Labute approximate surface area is 98.8 Å².